The molecule has 0 bridgehead atoms. The molecule has 21 heavy (non-hydrogen) atoms. The molecule has 0 amide bonds. The van der Waals surface area contributed by atoms with Gasteiger partial charge in [-0.25, -0.2) is 0 Å². The third kappa shape index (κ3) is 5.26. The number of rotatable bonds is 7. The van der Waals surface area contributed by atoms with Crippen LogP contribution >= 0.6 is 0 Å². The standard InChI is InChI=1S/C19H31NO/c1-3-4-13-21-18-12-11-17(19(20)14-18)10-9-16-7-5-15(2)6-8-16/h11-12,14-16H,3-10,13,20H2,1-2H3. The molecule has 118 valence electrons. The molecule has 1 fully saturated rings. The topological polar surface area (TPSA) is 35.2 Å². The number of hydrogen-bond donors (Lipinski definition) is 1. The molecule has 2 nitrogen and oxygen atoms in total. The average molecular weight is 289 g/mol. The molecule has 0 radical (unpaired) electrons. The molecule has 0 aromatic heterocycles. The van der Waals surface area contributed by atoms with Crippen LogP contribution in [0.4, 0.5) is 5.69 Å². The maximum Gasteiger partial charge on any atom is 0.121 e. The second-order valence-electron chi connectivity index (χ2n) is 6.73. The van der Waals surface area contributed by atoms with Crippen LogP contribution in [0.5, 0.6) is 5.75 Å². The largest absolute Gasteiger partial charge is 0.494 e. The van der Waals surface area contributed by atoms with E-state index in [0.717, 1.165) is 49.1 Å². The molecule has 0 saturated heterocycles. The van der Waals surface area contributed by atoms with Crippen molar-refractivity contribution in [3.63, 3.8) is 0 Å². The van der Waals surface area contributed by atoms with Crippen LogP contribution in [0.1, 0.15) is 64.4 Å². The van der Waals surface area contributed by atoms with E-state index < -0.39 is 0 Å². The van der Waals surface area contributed by atoms with Crippen LogP contribution in [0.2, 0.25) is 0 Å². The molecule has 2 N–H and O–H groups in total. The summed E-state index contributed by atoms with van der Waals surface area (Å²) in [4.78, 5) is 0. The smallest absolute Gasteiger partial charge is 0.121 e. The Balaban J connectivity index is 1.80. The van der Waals surface area contributed by atoms with Gasteiger partial charge in [-0.2, -0.15) is 0 Å². The zero-order chi connectivity index (χ0) is 15.1. The number of benzene rings is 1. The summed E-state index contributed by atoms with van der Waals surface area (Å²) >= 11 is 0. The van der Waals surface area contributed by atoms with Crippen molar-refractivity contribution in [1.82, 2.24) is 0 Å². The van der Waals surface area contributed by atoms with Crippen molar-refractivity contribution >= 4 is 5.69 Å². The highest BCUT2D eigenvalue weighted by molar-refractivity contribution is 5.51. The summed E-state index contributed by atoms with van der Waals surface area (Å²) in [6, 6.07) is 6.22. The molecule has 1 aliphatic rings. The first-order valence-electron chi connectivity index (χ1n) is 8.70. The molecular formula is C19H31NO. The van der Waals surface area contributed by atoms with Crippen LogP contribution in [-0.4, -0.2) is 6.61 Å². The monoisotopic (exact) mass is 289 g/mol. The van der Waals surface area contributed by atoms with E-state index in [2.05, 4.69) is 26.0 Å². The van der Waals surface area contributed by atoms with E-state index in [9.17, 15) is 0 Å². The van der Waals surface area contributed by atoms with Crippen molar-refractivity contribution in [3.8, 4) is 5.75 Å². The summed E-state index contributed by atoms with van der Waals surface area (Å²) in [5.41, 5.74) is 8.37. The molecule has 1 aromatic carbocycles. The maximum atomic E-state index is 6.18. The first-order valence-corrected chi connectivity index (χ1v) is 8.70. The van der Waals surface area contributed by atoms with E-state index in [0.29, 0.717) is 0 Å². The van der Waals surface area contributed by atoms with Gasteiger partial charge in [-0.15, -0.1) is 0 Å². The lowest BCUT2D eigenvalue weighted by atomic mass is 9.80. The normalized spacial score (nSPS) is 22.2. The van der Waals surface area contributed by atoms with Crippen LogP contribution in [-0.2, 0) is 6.42 Å². The first-order chi connectivity index (χ1) is 10.2. The Hall–Kier alpha value is -1.18. The van der Waals surface area contributed by atoms with E-state index in [-0.39, 0.29) is 0 Å². The van der Waals surface area contributed by atoms with Crippen molar-refractivity contribution in [2.24, 2.45) is 11.8 Å². The lowest BCUT2D eigenvalue weighted by Crippen LogP contribution is -2.13. The van der Waals surface area contributed by atoms with Crippen LogP contribution in [0, 0.1) is 11.8 Å². The maximum absolute atomic E-state index is 6.18. The number of ether oxygens (including phenoxy) is 1. The number of anilines is 1. The number of hydrogen-bond acceptors (Lipinski definition) is 2. The highest BCUT2D eigenvalue weighted by atomic mass is 16.5. The fourth-order valence-electron chi connectivity index (χ4n) is 3.20. The average Bonchev–Trinajstić information content (AvgIpc) is 2.48. The van der Waals surface area contributed by atoms with Gasteiger partial charge in [0.1, 0.15) is 5.75 Å². The molecule has 0 spiro atoms. The Morgan fingerprint density at radius 2 is 1.95 bits per heavy atom. The lowest BCUT2D eigenvalue weighted by molar-refractivity contribution is 0.278. The summed E-state index contributed by atoms with van der Waals surface area (Å²) in [7, 11) is 0. The van der Waals surface area contributed by atoms with Gasteiger partial charge < -0.3 is 10.5 Å². The summed E-state index contributed by atoms with van der Waals surface area (Å²) in [5, 5.41) is 0. The number of aryl methyl sites for hydroxylation is 1. The van der Waals surface area contributed by atoms with Gasteiger partial charge in [0.25, 0.3) is 0 Å². The molecule has 0 atom stereocenters. The fourth-order valence-corrected chi connectivity index (χ4v) is 3.20. The second-order valence-corrected chi connectivity index (χ2v) is 6.73. The van der Waals surface area contributed by atoms with Crippen molar-refractivity contribution in [3.05, 3.63) is 23.8 Å². The summed E-state index contributed by atoms with van der Waals surface area (Å²) < 4.78 is 5.71. The Morgan fingerprint density at radius 3 is 2.62 bits per heavy atom. The lowest BCUT2D eigenvalue weighted by Gasteiger charge is -2.26. The number of unbranched alkanes of at least 4 members (excludes halogenated alkanes) is 1. The van der Waals surface area contributed by atoms with Gasteiger partial charge in [0.2, 0.25) is 0 Å². The zero-order valence-electron chi connectivity index (χ0n) is 13.7. The zero-order valence-corrected chi connectivity index (χ0v) is 13.7. The molecule has 1 aromatic rings. The Labute approximate surface area is 130 Å². The van der Waals surface area contributed by atoms with Gasteiger partial charge in [-0.3, -0.25) is 0 Å². The van der Waals surface area contributed by atoms with Crippen LogP contribution < -0.4 is 10.5 Å². The molecule has 2 heteroatoms. The van der Waals surface area contributed by atoms with Crippen molar-refractivity contribution < 1.29 is 4.74 Å². The van der Waals surface area contributed by atoms with Crippen molar-refractivity contribution in [2.75, 3.05) is 12.3 Å². The van der Waals surface area contributed by atoms with Crippen LogP contribution in [0.25, 0.3) is 0 Å². The SMILES string of the molecule is CCCCOc1ccc(CCC2CCC(C)CC2)c(N)c1. The molecule has 0 heterocycles. The number of nitrogens with two attached hydrogens (primary N) is 1. The van der Waals surface area contributed by atoms with E-state index >= 15 is 0 Å². The highest BCUT2D eigenvalue weighted by Crippen LogP contribution is 2.32. The molecule has 2 rings (SSSR count). The van der Waals surface area contributed by atoms with Gasteiger partial charge in [-0.1, -0.05) is 52.0 Å². The molecule has 0 aliphatic heterocycles. The van der Waals surface area contributed by atoms with Gasteiger partial charge in [0, 0.05) is 11.8 Å². The minimum atomic E-state index is 0.787. The Morgan fingerprint density at radius 1 is 1.19 bits per heavy atom. The summed E-state index contributed by atoms with van der Waals surface area (Å²) in [6.07, 6.45) is 10.3. The van der Waals surface area contributed by atoms with Crippen molar-refractivity contribution in [2.45, 2.75) is 65.2 Å². The third-order valence-corrected chi connectivity index (χ3v) is 4.84. The van der Waals surface area contributed by atoms with Gasteiger partial charge in [0.15, 0.2) is 0 Å². The molecular weight excluding hydrogens is 258 g/mol. The van der Waals surface area contributed by atoms with Crippen LogP contribution in [0.15, 0.2) is 18.2 Å². The van der Waals surface area contributed by atoms with E-state index in [1.807, 2.05) is 6.07 Å². The van der Waals surface area contributed by atoms with Gasteiger partial charge >= 0.3 is 0 Å². The highest BCUT2D eigenvalue weighted by Gasteiger charge is 2.18. The predicted octanol–water partition coefficient (Wildman–Crippen LogP) is 5.21. The second kappa shape index (κ2) is 8.31. The van der Waals surface area contributed by atoms with Crippen LogP contribution in [0.3, 0.4) is 0 Å². The summed E-state index contributed by atoms with van der Waals surface area (Å²) in [6.45, 7) is 5.34. The quantitative estimate of drug-likeness (QED) is 0.552. The van der Waals surface area contributed by atoms with E-state index in [1.165, 1.54) is 37.7 Å². The Bertz CT molecular complexity index is 422. The Kier molecular flexibility index (Phi) is 6.41. The molecule has 1 saturated carbocycles. The fraction of sp³-hybridized carbons (Fsp3) is 0.684. The molecule has 1 aliphatic carbocycles. The minimum absolute atomic E-state index is 0.787. The van der Waals surface area contributed by atoms with Gasteiger partial charge in [0.05, 0.1) is 6.61 Å². The van der Waals surface area contributed by atoms with Gasteiger partial charge in [-0.05, 0) is 42.7 Å². The molecule has 0 unspecified atom stereocenters. The first kappa shape index (κ1) is 16.2. The summed E-state index contributed by atoms with van der Waals surface area (Å²) in [5.74, 6) is 2.75. The van der Waals surface area contributed by atoms with E-state index in [1.54, 1.807) is 0 Å². The van der Waals surface area contributed by atoms with E-state index in [4.69, 9.17) is 10.5 Å². The minimum Gasteiger partial charge on any atom is -0.494 e. The number of nitrogen functional groups attached to an aromatic ring is 1. The predicted molar refractivity (Wildman–Crippen MR) is 90.7 cm³/mol. The third-order valence-electron chi connectivity index (χ3n) is 4.84. The van der Waals surface area contributed by atoms with Crippen molar-refractivity contribution in [1.29, 1.82) is 0 Å².